The minimum Gasteiger partial charge on any atom is -0.387 e. The number of hydrogen-bond donors (Lipinski definition) is 2. The number of amides is 1. The lowest BCUT2D eigenvalue weighted by Crippen LogP contribution is -2.29. The number of fused-ring (bicyclic) bond motifs is 1. The number of aliphatic hydroxyl groups excluding tert-OH is 1. The quantitative estimate of drug-likeness (QED) is 0.868. The maximum atomic E-state index is 11.7. The molecule has 5 heteroatoms. The Bertz CT molecular complexity index is 541. The number of carbonyl (C=O) groups excluding carboxylic acids is 1. The van der Waals surface area contributed by atoms with Crippen molar-refractivity contribution in [3.63, 3.8) is 0 Å². The molecule has 108 valence electrons. The largest absolute Gasteiger partial charge is 0.387 e. The van der Waals surface area contributed by atoms with Crippen LogP contribution in [0.5, 0.6) is 0 Å². The minimum absolute atomic E-state index is 0.0607. The van der Waals surface area contributed by atoms with E-state index in [9.17, 15) is 9.90 Å². The average molecular weight is 339 g/mol. The fourth-order valence-electron chi connectivity index (χ4n) is 3.17. The molecule has 0 spiro atoms. The van der Waals surface area contributed by atoms with E-state index < -0.39 is 6.10 Å². The Morgan fingerprint density at radius 3 is 3.00 bits per heavy atom. The number of halogens is 1. The van der Waals surface area contributed by atoms with Crippen molar-refractivity contribution >= 4 is 27.5 Å². The third-order valence-electron chi connectivity index (χ3n) is 4.27. The molecule has 2 unspecified atom stereocenters. The van der Waals surface area contributed by atoms with E-state index in [1.165, 1.54) is 5.56 Å². The zero-order valence-corrected chi connectivity index (χ0v) is 13.1. The van der Waals surface area contributed by atoms with E-state index in [0.29, 0.717) is 0 Å². The fraction of sp³-hybridized carbons (Fsp3) is 0.533. The first-order valence-corrected chi connectivity index (χ1v) is 7.89. The number of rotatable bonds is 2. The summed E-state index contributed by atoms with van der Waals surface area (Å²) in [5, 5.41) is 13.9. The SMILES string of the molecule is CC(=O)N1CCc2cc(Br)c(C(O)C3CCCN3)cc21. The molecule has 2 aliphatic rings. The van der Waals surface area contributed by atoms with Gasteiger partial charge in [0.1, 0.15) is 0 Å². The second-order valence-electron chi connectivity index (χ2n) is 5.57. The summed E-state index contributed by atoms with van der Waals surface area (Å²) in [7, 11) is 0. The molecule has 0 aromatic heterocycles. The Labute approximate surface area is 127 Å². The summed E-state index contributed by atoms with van der Waals surface area (Å²) in [5.74, 6) is 0.0607. The van der Waals surface area contributed by atoms with Crippen LogP contribution in [0.15, 0.2) is 16.6 Å². The molecule has 3 rings (SSSR count). The van der Waals surface area contributed by atoms with E-state index >= 15 is 0 Å². The van der Waals surface area contributed by atoms with Gasteiger partial charge in [-0.3, -0.25) is 4.79 Å². The van der Waals surface area contributed by atoms with Gasteiger partial charge in [0.2, 0.25) is 5.91 Å². The van der Waals surface area contributed by atoms with Crippen LogP contribution in [0.4, 0.5) is 5.69 Å². The second kappa shape index (κ2) is 5.47. The van der Waals surface area contributed by atoms with Crippen LogP contribution in [-0.2, 0) is 11.2 Å². The van der Waals surface area contributed by atoms with E-state index in [1.807, 2.05) is 12.1 Å². The van der Waals surface area contributed by atoms with Crippen molar-refractivity contribution in [1.29, 1.82) is 0 Å². The van der Waals surface area contributed by atoms with Gasteiger partial charge in [-0.25, -0.2) is 0 Å². The highest BCUT2D eigenvalue weighted by Gasteiger charge is 2.29. The molecule has 1 amide bonds. The van der Waals surface area contributed by atoms with Crippen LogP contribution in [0.3, 0.4) is 0 Å². The normalized spacial score (nSPS) is 22.9. The molecule has 20 heavy (non-hydrogen) atoms. The highest BCUT2D eigenvalue weighted by molar-refractivity contribution is 9.10. The first-order valence-electron chi connectivity index (χ1n) is 7.10. The number of anilines is 1. The van der Waals surface area contributed by atoms with Gasteiger partial charge in [0.05, 0.1) is 6.10 Å². The molecule has 2 aliphatic heterocycles. The third kappa shape index (κ3) is 2.38. The lowest BCUT2D eigenvalue weighted by atomic mass is 9.98. The van der Waals surface area contributed by atoms with Crippen LogP contribution in [0.1, 0.15) is 37.0 Å². The monoisotopic (exact) mass is 338 g/mol. The van der Waals surface area contributed by atoms with Crippen molar-refractivity contribution in [3.05, 3.63) is 27.7 Å². The standard InChI is InChI=1S/C15H19BrN2O2/c1-9(19)18-6-4-10-7-12(16)11(8-14(10)18)15(20)13-3-2-5-17-13/h7-8,13,15,17,20H,2-6H2,1H3. The summed E-state index contributed by atoms with van der Waals surface area (Å²) in [6.45, 7) is 3.29. The highest BCUT2D eigenvalue weighted by atomic mass is 79.9. The molecule has 1 fully saturated rings. The van der Waals surface area contributed by atoms with Crippen molar-refractivity contribution in [1.82, 2.24) is 5.32 Å². The summed E-state index contributed by atoms with van der Waals surface area (Å²) in [6, 6.07) is 4.13. The van der Waals surface area contributed by atoms with Crippen LogP contribution in [0.25, 0.3) is 0 Å². The van der Waals surface area contributed by atoms with Crippen molar-refractivity contribution in [2.45, 2.75) is 38.3 Å². The predicted octanol–water partition coefficient (Wildman–Crippen LogP) is 2.14. The summed E-state index contributed by atoms with van der Waals surface area (Å²) >= 11 is 3.56. The maximum absolute atomic E-state index is 11.7. The Hall–Kier alpha value is -0.910. The van der Waals surface area contributed by atoms with E-state index in [-0.39, 0.29) is 11.9 Å². The lowest BCUT2D eigenvalue weighted by Gasteiger charge is -2.22. The fourth-order valence-corrected chi connectivity index (χ4v) is 3.80. The highest BCUT2D eigenvalue weighted by Crippen LogP contribution is 2.37. The number of nitrogens with one attached hydrogen (secondary N) is 1. The van der Waals surface area contributed by atoms with Crippen molar-refractivity contribution in [3.8, 4) is 0 Å². The molecule has 0 saturated carbocycles. The second-order valence-corrected chi connectivity index (χ2v) is 6.43. The number of nitrogens with zero attached hydrogens (tertiary/aromatic N) is 1. The number of aliphatic hydroxyl groups is 1. The average Bonchev–Trinajstić information content (AvgIpc) is 3.05. The van der Waals surface area contributed by atoms with Crippen LogP contribution in [0.2, 0.25) is 0 Å². The molecule has 0 bridgehead atoms. The molecular formula is C15H19BrN2O2. The van der Waals surface area contributed by atoms with Crippen LogP contribution >= 0.6 is 15.9 Å². The predicted molar refractivity (Wildman–Crippen MR) is 81.9 cm³/mol. The Morgan fingerprint density at radius 1 is 1.55 bits per heavy atom. The van der Waals surface area contributed by atoms with Crippen LogP contribution < -0.4 is 10.2 Å². The Balaban J connectivity index is 1.96. The van der Waals surface area contributed by atoms with Gasteiger partial charge in [0.25, 0.3) is 0 Å². The van der Waals surface area contributed by atoms with Gasteiger partial charge in [0, 0.05) is 29.7 Å². The maximum Gasteiger partial charge on any atom is 0.223 e. The molecule has 1 saturated heterocycles. The first kappa shape index (κ1) is 14.0. The summed E-state index contributed by atoms with van der Waals surface area (Å²) in [4.78, 5) is 13.5. The summed E-state index contributed by atoms with van der Waals surface area (Å²) in [6.07, 6.45) is 2.43. The molecule has 2 N–H and O–H groups in total. The molecule has 1 aromatic carbocycles. The van der Waals surface area contributed by atoms with Crippen LogP contribution in [0, 0.1) is 0 Å². The lowest BCUT2D eigenvalue weighted by molar-refractivity contribution is -0.116. The number of hydrogen-bond acceptors (Lipinski definition) is 3. The molecule has 0 aliphatic carbocycles. The van der Waals surface area contributed by atoms with Gasteiger partial charge in [-0.2, -0.15) is 0 Å². The first-order chi connectivity index (χ1) is 9.58. The van der Waals surface area contributed by atoms with Gasteiger partial charge in [-0.1, -0.05) is 15.9 Å². The van der Waals surface area contributed by atoms with E-state index in [2.05, 4.69) is 21.2 Å². The molecule has 4 nitrogen and oxygen atoms in total. The van der Waals surface area contributed by atoms with Crippen molar-refractivity contribution < 1.29 is 9.90 Å². The van der Waals surface area contributed by atoms with Crippen molar-refractivity contribution in [2.24, 2.45) is 0 Å². The molecule has 0 radical (unpaired) electrons. The zero-order valence-electron chi connectivity index (χ0n) is 11.5. The summed E-state index contributed by atoms with van der Waals surface area (Å²) in [5.41, 5.74) is 2.99. The third-order valence-corrected chi connectivity index (χ3v) is 4.96. The number of carbonyl (C=O) groups is 1. The topological polar surface area (TPSA) is 52.6 Å². The molecule has 1 aromatic rings. The molecule has 2 heterocycles. The van der Waals surface area contributed by atoms with Gasteiger partial charge in [-0.15, -0.1) is 0 Å². The Kier molecular flexibility index (Phi) is 3.84. The number of benzene rings is 1. The van der Waals surface area contributed by atoms with E-state index in [1.54, 1.807) is 11.8 Å². The van der Waals surface area contributed by atoms with Gasteiger partial charge in [0.15, 0.2) is 0 Å². The summed E-state index contributed by atoms with van der Waals surface area (Å²) < 4.78 is 0.933. The van der Waals surface area contributed by atoms with Gasteiger partial charge >= 0.3 is 0 Å². The van der Waals surface area contributed by atoms with Crippen LogP contribution in [-0.4, -0.2) is 30.1 Å². The van der Waals surface area contributed by atoms with Gasteiger partial charge in [-0.05, 0) is 49.1 Å². The molecular weight excluding hydrogens is 320 g/mol. The van der Waals surface area contributed by atoms with Gasteiger partial charge < -0.3 is 15.3 Å². The van der Waals surface area contributed by atoms with E-state index in [4.69, 9.17) is 0 Å². The Morgan fingerprint density at radius 2 is 2.35 bits per heavy atom. The zero-order chi connectivity index (χ0) is 14.3. The van der Waals surface area contributed by atoms with E-state index in [0.717, 1.165) is 48.1 Å². The minimum atomic E-state index is -0.536. The van der Waals surface area contributed by atoms with Crippen molar-refractivity contribution in [2.75, 3.05) is 18.0 Å². The smallest absolute Gasteiger partial charge is 0.223 e. The molecule has 2 atom stereocenters.